The van der Waals surface area contributed by atoms with E-state index < -0.39 is 6.10 Å². The third kappa shape index (κ3) is 3.35. The van der Waals surface area contributed by atoms with Crippen molar-refractivity contribution in [2.24, 2.45) is 0 Å². The van der Waals surface area contributed by atoms with Crippen LogP contribution in [0, 0.1) is 0 Å². The van der Waals surface area contributed by atoms with Gasteiger partial charge in [0.25, 0.3) is 0 Å². The largest absolute Gasteiger partial charge is 0.388 e. The summed E-state index contributed by atoms with van der Waals surface area (Å²) in [5.41, 5.74) is 3.13. The van der Waals surface area contributed by atoms with E-state index in [0.717, 1.165) is 23.4 Å². The monoisotopic (exact) mass is 259 g/mol. The molecule has 0 aliphatic rings. The van der Waals surface area contributed by atoms with Gasteiger partial charge in [-0.05, 0) is 30.2 Å². The normalized spacial score (nSPS) is 12.4. The van der Waals surface area contributed by atoms with Gasteiger partial charge >= 0.3 is 0 Å². The fourth-order valence-corrected chi connectivity index (χ4v) is 2.02. The number of aliphatic hydroxyl groups excluding tert-OH is 1. The van der Waals surface area contributed by atoms with E-state index in [0.29, 0.717) is 6.42 Å². The Bertz CT molecular complexity index is 516. The molecule has 1 aromatic heterocycles. The lowest BCUT2D eigenvalue weighted by Crippen LogP contribution is -2.09. The molecule has 102 valence electrons. The highest BCUT2D eigenvalue weighted by Gasteiger charge is 2.10. The first-order chi connectivity index (χ1) is 9.10. The highest BCUT2D eigenvalue weighted by atomic mass is 16.3. The maximum absolute atomic E-state index is 10.2. The molecule has 1 N–H and O–H groups in total. The summed E-state index contributed by atoms with van der Waals surface area (Å²) in [5, 5.41) is 14.5. The molecule has 4 heteroatoms. The van der Waals surface area contributed by atoms with Crippen LogP contribution in [0.25, 0.3) is 0 Å². The second-order valence-corrected chi connectivity index (χ2v) is 4.91. The Kier molecular flexibility index (Phi) is 4.22. The topological polar surface area (TPSA) is 41.3 Å². The van der Waals surface area contributed by atoms with Crippen molar-refractivity contribution in [3.8, 4) is 0 Å². The summed E-state index contributed by atoms with van der Waals surface area (Å²) in [7, 11) is 4.01. The van der Waals surface area contributed by atoms with Crippen LogP contribution in [0.3, 0.4) is 0 Å². The van der Waals surface area contributed by atoms with E-state index in [2.05, 4.69) is 5.10 Å². The van der Waals surface area contributed by atoms with Crippen molar-refractivity contribution in [2.45, 2.75) is 26.0 Å². The minimum Gasteiger partial charge on any atom is -0.388 e. The van der Waals surface area contributed by atoms with E-state index in [4.69, 9.17) is 0 Å². The maximum Gasteiger partial charge on any atom is 0.0831 e. The van der Waals surface area contributed by atoms with Crippen molar-refractivity contribution in [1.29, 1.82) is 0 Å². The summed E-state index contributed by atoms with van der Waals surface area (Å²) < 4.78 is 1.87. The predicted octanol–water partition coefficient (Wildman–Crippen LogP) is 2.25. The molecule has 4 nitrogen and oxygen atoms in total. The Balaban J connectivity index is 2.04. The Morgan fingerprint density at radius 2 is 1.95 bits per heavy atom. The Hall–Kier alpha value is -1.81. The lowest BCUT2D eigenvalue weighted by molar-refractivity contribution is 0.178. The smallest absolute Gasteiger partial charge is 0.0831 e. The fourth-order valence-electron chi connectivity index (χ4n) is 2.02. The van der Waals surface area contributed by atoms with Crippen LogP contribution in [0.15, 0.2) is 36.7 Å². The van der Waals surface area contributed by atoms with Crippen molar-refractivity contribution < 1.29 is 5.11 Å². The van der Waals surface area contributed by atoms with Gasteiger partial charge in [0.2, 0.25) is 0 Å². The van der Waals surface area contributed by atoms with Crippen LogP contribution in [0.4, 0.5) is 5.69 Å². The zero-order valence-corrected chi connectivity index (χ0v) is 11.7. The van der Waals surface area contributed by atoms with Crippen LogP contribution in [-0.4, -0.2) is 29.0 Å². The summed E-state index contributed by atoms with van der Waals surface area (Å²) in [6, 6.07) is 8.00. The number of hydrogen-bond donors (Lipinski definition) is 1. The van der Waals surface area contributed by atoms with Gasteiger partial charge in [0, 0.05) is 38.9 Å². The van der Waals surface area contributed by atoms with E-state index in [1.54, 1.807) is 0 Å². The van der Waals surface area contributed by atoms with Gasteiger partial charge in [-0.25, -0.2) is 0 Å². The molecule has 1 atom stereocenters. The third-order valence-electron chi connectivity index (χ3n) is 3.23. The first-order valence-electron chi connectivity index (χ1n) is 6.57. The molecule has 1 aromatic carbocycles. The molecular weight excluding hydrogens is 238 g/mol. The van der Waals surface area contributed by atoms with Crippen molar-refractivity contribution in [2.75, 3.05) is 19.0 Å². The summed E-state index contributed by atoms with van der Waals surface area (Å²) in [6.45, 7) is 2.90. The lowest BCUT2D eigenvalue weighted by Gasteiger charge is -2.14. The highest BCUT2D eigenvalue weighted by molar-refractivity contribution is 5.46. The number of hydrogen-bond acceptors (Lipinski definition) is 3. The van der Waals surface area contributed by atoms with Crippen LogP contribution in [-0.2, 0) is 13.0 Å². The van der Waals surface area contributed by atoms with Crippen molar-refractivity contribution in [1.82, 2.24) is 9.78 Å². The molecule has 19 heavy (non-hydrogen) atoms. The second kappa shape index (κ2) is 5.89. The van der Waals surface area contributed by atoms with Gasteiger partial charge in [-0.3, -0.25) is 4.68 Å². The van der Waals surface area contributed by atoms with Crippen LogP contribution in [0.5, 0.6) is 0 Å². The number of nitrogens with zero attached hydrogens (tertiary/aromatic N) is 3. The van der Waals surface area contributed by atoms with Gasteiger partial charge in [0.05, 0.1) is 12.3 Å². The lowest BCUT2D eigenvalue weighted by atomic mass is 10.0. The average molecular weight is 259 g/mol. The standard InChI is InChI=1S/C15H21N3O/c1-4-18-11-12(10-16-18)9-15(19)13-5-7-14(8-6-13)17(2)3/h5-8,10-11,15,19H,4,9H2,1-3H3. The van der Waals surface area contributed by atoms with E-state index in [1.807, 2.05) is 67.3 Å². The van der Waals surface area contributed by atoms with Gasteiger partial charge < -0.3 is 10.0 Å². The van der Waals surface area contributed by atoms with Gasteiger partial charge in [-0.15, -0.1) is 0 Å². The molecule has 0 amide bonds. The van der Waals surface area contributed by atoms with Gasteiger partial charge in [0.15, 0.2) is 0 Å². The molecule has 0 bridgehead atoms. The quantitative estimate of drug-likeness (QED) is 0.895. The molecule has 1 heterocycles. The zero-order valence-electron chi connectivity index (χ0n) is 11.7. The molecule has 0 fully saturated rings. The fraction of sp³-hybridized carbons (Fsp3) is 0.400. The minimum absolute atomic E-state index is 0.481. The SMILES string of the molecule is CCn1cc(CC(O)c2ccc(N(C)C)cc2)cn1. The second-order valence-electron chi connectivity index (χ2n) is 4.91. The average Bonchev–Trinajstić information content (AvgIpc) is 2.86. The molecule has 1 unspecified atom stereocenters. The highest BCUT2D eigenvalue weighted by Crippen LogP contribution is 2.21. The summed E-state index contributed by atoms with van der Waals surface area (Å²) in [5.74, 6) is 0. The Morgan fingerprint density at radius 3 is 2.47 bits per heavy atom. The van der Waals surface area contributed by atoms with Crippen LogP contribution in [0.2, 0.25) is 0 Å². The van der Waals surface area contributed by atoms with Gasteiger partial charge in [-0.2, -0.15) is 5.10 Å². The summed E-state index contributed by atoms with van der Waals surface area (Å²) >= 11 is 0. The Labute approximate surface area is 114 Å². The number of rotatable bonds is 5. The molecule has 0 spiro atoms. The first-order valence-corrected chi connectivity index (χ1v) is 6.57. The first kappa shape index (κ1) is 13.6. The number of aromatic nitrogens is 2. The van der Waals surface area contributed by atoms with Crippen molar-refractivity contribution in [3.05, 3.63) is 47.8 Å². The van der Waals surface area contributed by atoms with E-state index >= 15 is 0 Å². The maximum atomic E-state index is 10.2. The third-order valence-corrected chi connectivity index (χ3v) is 3.23. The molecular formula is C15H21N3O. The Morgan fingerprint density at radius 1 is 1.26 bits per heavy atom. The van der Waals surface area contributed by atoms with Crippen LogP contribution in [0.1, 0.15) is 24.2 Å². The summed E-state index contributed by atoms with van der Waals surface area (Å²) in [6.07, 6.45) is 3.92. The molecule has 0 aliphatic carbocycles. The zero-order chi connectivity index (χ0) is 13.8. The molecule has 0 saturated carbocycles. The number of aryl methyl sites for hydroxylation is 1. The van der Waals surface area contributed by atoms with Crippen molar-refractivity contribution in [3.63, 3.8) is 0 Å². The molecule has 2 aromatic rings. The van der Waals surface area contributed by atoms with Crippen LogP contribution >= 0.6 is 0 Å². The van der Waals surface area contributed by atoms with E-state index in [9.17, 15) is 5.11 Å². The summed E-state index contributed by atoms with van der Waals surface area (Å²) in [4.78, 5) is 2.04. The van der Waals surface area contributed by atoms with Gasteiger partial charge in [-0.1, -0.05) is 12.1 Å². The molecule has 0 radical (unpaired) electrons. The van der Waals surface area contributed by atoms with Crippen molar-refractivity contribution >= 4 is 5.69 Å². The number of benzene rings is 1. The van der Waals surface area contributed by atoms with Gasteiger partial charge in [0.1, 0.15) is 0 Å². The minimum atomic E-state index is -0.481. The number of anilines is 1. The predicted molar refractivity (Wildman–Crippen MR) is 77.3 cm³/mol. The molecule has 2 rings (SSSR count). The van der Waals surface area contributed by atoms with E-state index in [1.165, 1.54) is 0 Å². The number of aliphatic hydroxyl groups is 1. The van der Waals surface area contributed by atoms with E-state index in [-0.39, 0.29) is 0 Å². The molecule has 0 saturated heterocycles. The van der Waals surface area contributed by atoms with Crippen LogP contribution < -0.4 is 4.90 Å². The molecule has 0 aliphatic heterocycles.